The molecule has 7 heteroatoms. The van der Waals surface area contributed by atoms with Crippen LogP contribution in [0.25, 0.3) is 0 Å². The van der Waals surface area contributed by atoms with Crippen LogP contribution in [0.15, 0.2) is 17.5 Å². The lowest BCUT2D eigenvalue weighted by Gasteiger charge is -2.33. The third kappa shape index (κ3) is 4.24. The number of fused-ring (bicyclic) bond motifs is 1. The zero-order valence-corrected chi connectivity index (χ0v) is 16.3. The minimum atomic E-state index is 0.0447. The Morgan fingerprint density at radius 2 is 2.19 bits per heavy atom. The second kappa shape index (κ2) is 8.25. The molecule has 0 spiro atoms. The monoisotopic (exact) mass is 386 g/mol. The molecule has 1 unspecified atom stereocenters. The van der Waals surface area contributed by atoms with Crippen LogP contribution in [0.3, 0.4) is 0 Å². The molecular formula is C20H26N4O2S. The summed E-state index contributed by atoms with van der Waals surface area (Å²) in [5.74, 6) is 0.130. The first kappa shape index (κ1) is 18.2. The van der Waals surface area contributed by atoms with Gasteiger partial charge in [0, 0.05) is 37.7 Å². The van der Waals surface area contributed by atoms with Crippen molar-refractivity contribution in [2.45, 2.75) is 57.4 Å². The van der Waals surface area contributed by atoms with E-state index < -0.39 is 0 Å². The van der Waals surface area contributed by atoms with Gasteiger partial charge in [-0.2, -0.15) is 5.10 Å². The van der Waals surface area contributed by atoms with Crippen LogP contribution in [0.1, 0.15) is 58.7 Å². The fraction of sp³-hybridized carbons (Fsp3) is 0.550. The number of aromatic amines is 1. The summed E-state index contributed by atoms with van der Waals surface area (Å²) in [7, 11) is 0. The van der Waals surface area contributed by atoms with Crippen molar-refractivity contribution in [1.82, 2.24) is 20.4 Å². The summed E-state index contributed by atoms with van der Waals surface area (Å²) < 4.78 is 0. The molecule has 2 amide bonds. The molecule has 4 rings (SSSR count). The van der Waals surface area contributed by atoms with E-state index in [1.54, 1.807) is 0 Å². The minimum Gasteiger partial charge on any atom is -0.352 e. The van der Waals surface area contributed by atoms with Crippen LogP contribution in [-0.4, -0.2) is 46.0 Å². The van der Waals surface area contributed by atoms with Gasteiger partial charge in [-0.25, -0.2) is 0 Å². The molecule has 3 heterocycles. The molecule has 144 valence electrons. The highest BCUT2D eigenvalue weighted by Crippen LogP contribution is 2.23. The number of aryl methyl sites for hydroxylation is 2. The number of piperidine rings is 1. The van der Waals surface area contributed by atoms with Gasteiger partial charge in [0.05, 0.1) is 10.6 Å². The summed E-state index contributed by atoms with van der Waals surface area (Å²) in [6.07, 6.45) is 7.57. The van der Waals surface area contributed by atoms with Gasteiger partial charge in [0.15, 0.2) is 0 Å². The SMILES string of the molecule is O=C(CCc1n[nH]c2c1CCCC2)NC1CCCN(C(=O)c2cccs2)C1. The first-order valence-electron chi connectivity index (χ1n) is 9.88. The molecule has 2 aromatic rings. The molecule has 2 aromatic heterocycles. The zero-order chi connectivity index (χ0) is 18.6. The van der Waals surface area contributed by atoms with Gasteiger partial charge >= 0.3 is 0 Å². The molecule has 0 saturated carbocycles. The molecule has 0 radical (unpaired) electrons. The zero-order valence-electron chi connectivity index (χ0n) is 15.5. The summed E-state index contributed by atoms with van der Waals surface area (Å²) in [6, 6.07) is 3.80. The van der Waals surface area contributed by atoms with E-state index in [9.17, 15) is 9.59 Å². The Bertz CT molecular complexity index is 799. The summed E-state index contributed by atoms with van der Waals surface area (Å²) in [5, 5.41) is 12.6. The van der Waals surface area contributed by atoms with Crippen molar-refractivity contribution in [1.29, 1.82) is 0 Å². The van der Waals surface area contributed by atoms with Crippen LogP contribution in [0.5, 0.6) is 0 Å². The number of thiophene rings is 1. The molecule has 27 heavy (non-hydrogen) atoms. The highest BCUT2D eigenvalue weighted by atomic mass is 32.1. The fourth-order valence-electron chi connectivity index (χ4n) is 4.12. The van der Waals surface area contributed by atoms with Crippen LogP contribution in [0.4, 0.5) is 0 Å². The van der Waals surface area contributed by atoms with Crippen molar-refractivity contribution in [2.75, 3.05) is 13.1 Å². The van der Waals surface area contributed by atoms with Gasteiger partial charge < -0.3 is 10.2 Å². The number of carbonyl (C=O) groups is 2. The molecule has 2 aliphatic rings. The second-order valence-corrected chi connectivity index (χ2v) is 8.42. The lowest BCUT2D eigenvalue weighted by molar-refractivity contribution is -0.122. The van der Waals surface area contributed by atoms with Gasteiger partial charge in [0.2, 0.25) is 5.91 Å². The molecule has 0 aromatic carbocycles. The fourth-order valence-corrected chi connectivity index (χ4v) is 4.81. The van der Waals surface area contributed by atoms with Gasteiger partial charge in [-0.3, -0.25) is 14.7 Å². The van der Waals surface area contributed by atoms with Gasteiger partial charge in [0.1, 0.15) is 0 Å². The number of hydrogen-bond donors (Lipinski definition) is 2. The molecule has 1 fully saturated rings. The van der Waals surface area contributed by atoms with E-state index in [-0.39, 0.29) is 17.9 Å². The minimum absolute atomic E-state index is 0.0447. The Morgan fingerprint density at radius 1 is 1.30 bits per heavy atom. The average molecular weight is 387 g/mol. The normalized spacial score (nSPS) is 19.6. The van der Waals surface area contributed by atoms with Crippen molar-refractivity contribution < 1.29 is 9.59 Å². The number of H-pyrrole nitrogens is 1. The van der Waals surface area contributed by atoms with E-state index in [4.69, 9.17) is 0 Å². The highest BCUT2D eigenvalue weighted by Gasteiger charge is 2.26. The Hall–Kier alpha value is -2.15. The maximum atomic E-state index is 12.5. The van der Waals surface area contributed by atoms with Gasteiger partial charge in [0.25, 0.3) is 5.91 Å². The van der Waals surface area contributed by atoms with Crippen LogP contribution in [0.2, 0.25) is 0 Å². The third-order valence-corrected chi connectivity index (χ3v) is 6.39. The van der Waals surface area contributed by atoms with E-state index in [1.165, 1.54) is 35.4 Å². The molecule has 1 saturated heterocycles. The van der Waals surface area contributed by atoms with Crippen molar-refractivity contribution in [3.63, 3.8) is 0 Å². The summed E-state index contributed by atoms with van der Waals surface area (Å²) in [4.78, 5) is 27.6. The number of carbonyl (C=O) groups excluding carboxylic acids is 2. The van der Waals surface area contributed by atoms with E-state index >= 15 is 0 Å². The predicted molar refractivity (Wildman–Crippen MR) is 105 cm³/mol. The Morgan fingerprint density at radius 3 is 3.04 bits per heavy atom. The van der Waals surface area contributed by atoms with Crippen LogP contribution < -0.4 is 5.32 Å². The highest BCUT2D eigenvalue weighted by molar-refractivity contribution is 7.12. The first-order chi connectivity index (χ1) is 13.2. The van der Waals surface area contributed by atoms with E-state index in [0.717, 1.165) is 42.8 Å². The Labute approximate surface area is 163 Å². The predicted octanol–water partition coefficient (Wildman–Crippen LogP) is 2.70. The second-order valence-electron chi connectivity index (χ2n) is 7.47. The number of nitrogens with zero attached hydrogens (tertiary/aromatic N) is 2. The third-order valence-electron chi connectivity index (χ3n) is 5.54. The van der Waals surface area contributed by atoms with Crippen LogP contribution in [0, 0.1) is 0 Å². The number of nitrogens with one attached hydrogen (secondary N) is 2. The lowest BCUT2D eigenvalue weighted by Crippen LogP contribution is -2.49. The van der Waals surface area contributed by atoms with Gasteiger partial charge in [-0.1, -0.05) is 6.07 Å². The largest absolute Gasteiger partial charge is 0.352 e. The van der Waals surface area contributed by atoms with Gasteiger partial charge in [-0.05, 0) is 55.5 Å². The standard InChI is InChI=1S/C20H26N4O2S/c25-19(10-9-17-15-6-1-2-7-16(15)22-23-17)21-14-5-3-11-24(13-14)20(26)18-8-4-12-27-18/h4,8,12,14H,1-3,5-7,9-11,13H2,(H,21,25)(H,22,23). The number of hydrogen-bond acceptors (Lipinski definition) is 4. The quantitative estimate of drug-likeness (QED) is 0.829. The maximum absolute atomic E-state index is 12.5. The molecule has 6 nitrogen and oxygen atoms in total. The summed E-state index contributed by atoms with van der Waals surface area (Å²) >= 11 is 1.47. The number of aromatic nitrogens is 2. The van der Waals surface area contributed by atoms with Crippen molar-refractivity contribution in [3.05, 3.63) is 39.3 Å². The number of amides is 2. The topological polar surface area (TPSA) is 78.1 Å². The summed E-state index contributed by atoms with van der Waals surface area (Å²) in [6.45, 7) is 1.36. The first-order valence-corrected chi connectivity index (χ1v) is 10.8. The van der Waals surface area contributed by atoms with Gasteiger partial charge in [-0.15, -0.1) is 11.3 Å². The van der Waals surface area contributed by atoms with E-state index in [2.05, 4.69) is 15.5 Å². The Kier molecular flexibility index (Phi) is 5.57. The van der Waals surface area contributed by atoms with Crippen molar-refractivity contribution in [2.24, 2.45) is 0 Å². The van der Waals surface area contributed by atoms with E-state index in [1.807, 2.05) is 22.4 Å². The van der Waals surface area contributed by atoms with Crippen molar-refractivity contribution in [3.8, 4) is 0 Å². The number of rotatable bonds is 5. The number of likely N-dealkylation sites (tertiary alicyclic amines) is 1. The van der Waals surface area contributed by atoms with Crippen LogP contribution >= 0.6 is 11.3 Å². The lowest BCUT2D eigenvalue weighted by atomic mass is 9.94. The molecule has 0 bridgehead atoms. The smallest absolute Gasteiger partial charge is 0.263 e. The average Bonchev–Trinajstić information content (AvgIpc) is 3.36. The molecular weight excluding hydrogens is 360 g/mol. The molecule has 1 aliphatic heterocycles. The van der Waals surface area contributed by atoms with Crippen molar-refractivity contribution >= 4 is 23.2 Å². The molecule has 1 atom stereocenters. The summed E-state index contributed by atoms with van der Waals surface area (Å²) in [5.41, 5.74) is 3.64. The molecule has 2 N–H and O–H groups in total. The van der Waals surface area contributed by atoms with Crippen LogP contribution in [-0.2, 0) is 24.1 Å². The Balaban J connectivity index is 1.28. The molecule has 1 aliphatic carbocycles. The van der Waals surface area contributed by atoms with E-state index in [0.29, 0.717) is 19.4 Å². The maximum Gasteiger partial charge on any atom is 0.263 e.